The summed E-state index contributed by atoms with van der Waals surface area (Å²) in [6, 6.07) is 16.5. The largest absolute Gasteiger partial charge is 0.368 e. The lowest BCUT2D eigenvalue weighted by atomic mass is 9.83. The zero-order chi connectivity index (χ0) is 22.1. The molecule has 166 valence electrons. The Morgan fingerprint density at radius 3 is 2.28 bits per heavy atom. The fraction of sp³-hybridized carbons (Fsp3) is 0.423. The number of hydrogen-bond donors (Lipinski definition) is 1. The molecule has 1 aromatic heterocycles. The summed E-state index contributed by atoms with van der Waals surface area (Å²) < 4.78 is 0. The first-order valence-electron chi connectivity index (χ1n) is 11.7. The van der Waals surface area contributed by atoms with Gasteiger partial charge in [0.25, 0.3) is 0 Å². The number of anilines is 1. The van der Waals surface area contributed by atoms with Crippen LogP contribution in [0, 0.1) is 6.92 Å². The van der Waals surface area contributed by atoms with Crippen molar-refractivity contribution in [3.05, 3.63) is 54.1 Å². The Balaban J connectivity index is 1.48. The number of fused-ring (bicyclic) bond motifs is 1. The van der Waals surface area contributed by atoms with Gasteiger partial charge in [0.15, 0.2) is 5.82 Å². The van der Waals surface area contributed by atoms with Crippen LogP contribution in [-0.2, 0) is 4.79 Å². The molecule has 0 bridgehead atoms. The van der Waals surface area contributed by atoms with Crippen LogP contribution in [0.4, 0.5) is 5.82 Å². The Morgan fingerprint density at radius 1 is 0.906 bits per heavy atom. The number of amides is 1. The SMILES string of the molecule is Cc1ccc(-c2nc(N3CCC(C(N)=O)(N4CCCCC4)CC3)c3ccccc3n2)cc1. The average molecular weight is 430 g/mol. The lowest BCUT2D eigenvalue weighted by molar-refractivity contribution is -0.132. The number of aromatic nitrogens is 2. The molecular weight excluding hydrogens is 398 g/mol. The standard InChI is InChI=1S/C26H31N5O/c1-19-9-11-20(12-10-19)23-28-22-8-4-3-7-21(22)24(29-23)30-17-13-26(14-18-30,25(27)32)31-15-5-2-6-16-31/h3-4,7-12H,2,5-6,13-18H2,1H3,(H2,27,32). The van der Waals surface area contributed by atoms with Crippen molar-refractivity contribution in [2.45, 2.75) is 44.6 Å². The lowest BCUT2D eigenvalue weighted by Crippen LogP contribution is -2.63. The number of para-hydroxylation sites is 1. The summed E-state index contributed by atoms with van der Waals surface area (Å²) in [6.45, 7) is 5.53. The normalized spacial score (nSPS) is 19.2. The molecule has 2 aliphatic rings. The highest BCUT2D eigenvalue weighted by Gasteiger charge is 2.45. The van der Waals surface area contributed by atoms with E-state index in [1.165, 1.54) is 12.0 Å². The zero-order valence-corrected chi connectivity index (χ0v) is 18.8. The van der Waals surface area contributed by atoms with Gasteiger partial charge in [0, 0.05) is 24.0 Å². The van der Waals surface area contributed by atoms with Crippen LogP contribution < -0.4 is 10.6 Å². The van der Waals surface area contributed by atoms with Crippen molar-refractivity contribution < 1.29 is 4.79 Å². The van der Waals surface area contributed by atoms with E-state index in [0.29, 0.717) is 0 Å². The number of likely N-dealkylation sites (tertiary alicyclic amines) is 1. The highest BCUT2D eigenvalue weighted by molar-refractivity contribution is 5.91. The van der Waals surface area contributed by atoms with Crippen molar-refractivity contribution in [3.63, 3.8) is 0 Å². The molecule has 0 radical (unpaired) electrons. The maximum Gasteiger partial charge on any atom is 0.238 e. The third-order valence-electron chi connectivity index (χ3n) is 7.20. The number of aryl methyl sites for hydroxylation is 1. The molecule has 2 saturated heterocycles. The highest BCUT2D eigenvalue weighted by atomic mass is 16.1. The van der Waals surface area contributed by atoms with Crippen molar-refractivity contribution in [2.24, 2.45) is 5.73 Å². The van der Waals surface area contributed by atoms with Crippen LogP contribution in [0.2, 0.25) is 0 Å². The molecule has 2 aromatic carbocycles. The molecule has 0 spiro atoms. The number of nitrogens with two attached hydrogens (primary N) is 1. The van der Waals surface area contributed by atoms with Gasteiger partial charge in [-0.2, -0.15) is 0 Å². The van der Waals surface area contributed by atoms with Gasteiger partial charge in [-0.25, -0.2) is 9.97 Å². The van der Waals surface area contributed by atoms with E-state index < -0.39 is 5.54 Å². The molecule has 0 aliphatic carbocycles. The molecule has 1 amide bonds. The van der Waals surface area contributed by atoms with E-state index in [0.717, 1.165) is 80.0 Å². The first kappa shape index (κ1) is 20.9. The second-order valence-corrected chi connectivity index (χ2v) is 9.18. The van der Waals surface area contributed by atoms with Crippen LogP contribution in [0.25, 0.3) is 22.3 Å². The Hall–Kier alpha value is -2.99. The van der Waals surface area contributed by atoms with Crippen LogP contribution in [-0.4, -0.2) is 52.5 Å². The van der Waals surface area contributed by atoms with Gasteiger partial charge in [0.2, 0.25) is 5.91 Å². The van der Waals surface area contributed by atoms with E-state index in [4.69, 9.17) is 15.7 Å². The number of rotatable bonds is 4. The predicted molar refractivity (Wildman–Crippen MR) is 129 cm³/mol. The molecule has 0 unspecified atom stereocenters. The van der Waals surface area contributed by atoms with Crippen molar-refractivity contribution >= 4 is 22.6 Å². The van der Waals surface area contributed by atoms with Crippen molar-refractivity contribution in [3.8, 4) is 11.4 Å². The maximum absolute atomic E-state index is 12.6. The van der Waals surface area contributed by atoms with Crippen LogP contribution in [0.5, 0.6) is 0 Å². The molecule has 3 heterocycles. The monoisotopic (exact) mass is 429 g/mol. The first-order chi connectivity index (χ1) is 15.6. The van der Waals surface area contributed by atoms with Gasteiger partial charge < -0.3 is 10.6 Å². The van der Waals surface area contributed by atoms with E-state index >= 15 is 0 Å². The van der Waals surface area contributed by atoms with Gasteiger partial charge in [0.1, 0.15) is 11.4 Å². The fourth-order valence-corrected chi connectivity index (χ4v) is 5.26. The Morgan fingerprint density at radius 2 is 1.59 bits per heavy atom. The lowest BCUT2D eigenvalue weighted by Gasteiger charge is -2.48. The molecular formula is C26H31N5O. The third kappa shape index (κ3) is 3.73. The molecule has 6 heteroatoms. The van der Waals surface area contributed by atoms with E-state index in [1.807, 2.05) is 18.2 Å². The average Bonchev–Trinajstić information content (AvgIpc) is 2.84. The molecule has 6 nitrogen and oxygen atoms in total. The predicted octanol–water partition coefficient (Wildman–Crippen LogP) is 3.92. The van der Waals surface area contributed by atoms with Crippen molar-refractivity contribution in [2.75, 3.05) is 31.1 Å². The summed E-state index contributed by atoms with van der Waals surface area (Å²) in [5.74, 6) is 1.51. The Kier molecular flexibility index (Phi) is 5.55. The second-order valence-electron chi connectivity index (χ2n) is 9.18. The van der Waals surface area contributed by atoms with Crippen molar-refractivity contribution in [1.82, 2.24) is 14.9 Å². The number of primary amides is 1. The summed E-state index contributed by atoms with van der Waals surface area (Å²) in [5.41, 5.74) is 8.64. The molecule has 2 fully saturated rings. The molecule has 0 atom stereocenters. The van der Waals surface area contributed by atoms with E-state index in [2.05, 4.69) is 47.1 Å². The quantitative estimate of drug-likeness (QED) is 0.680. The smallest absolute Gasteiger partial charge is 0.238 e. The van der Waals surface area contributed by atoms with Gasteiger partial charge in [0.05, 0.1) is 5.52 Å². The number of nitrogens with zero attached hydrogens (tertiary/aromatic N) is 4. The van der Waals surface area contributed by atoms with E-state index in [9.17, 15) is 4.79 Å². The minimum atomic E-state index is -0.528. The summed E-state index contributed by atoms with van der Waals surface area (Å²) in [5, 5.41) is 1.05. The van der Waals surface area contributed by atoms with Gasteiger partial charge >= 0.3 is 0 Å². The topological polar surface area (TPSA) is 75.4 Å². The number of carbonyl (C=O) groups excluding carboxylic acids is 1. The third-order valence-corrected chi connectivity index (χ3v) is 7.20. The van der Waals surface area contributed by atoms with Gasteiger partial charge in [-0.15, -0.1) is 0 Å². The van der Waals surface area contributed by atoms with Gasteiger partial charge in [-0.1, -0.05) is 48.4 Å². The molecule has 5 rings (SSSR count). The second kappa shape index (κ2) is 8.51. The minimum absolute atomic E-state index is 0.174. The summed E-state index contributed by atoms with van der Waals surface area (Å²) in [4.78, 5) is 27.2. The van der Waals surface area contributed by atoms with Crippen molar-refractivity contribution in [1.29, 1.82) is 0 Å². The maximum atomic E-state index is 12.6. The Bertz CT molecular complexity index is 1110. The minimum Gasteiger partial charge on any atom is -0.368 e. The van der Waals surface area contributed by atoms with Crippen LogP contribution >= 0.6 is 0 Å². The number of benzene rings is 2. The van der Waals surface area contributed by atoms with Gasteiger partial charge in [-0.05, 0) is 57.8 Å². The molecule has 2 N–H and O–H groups in total. The fourth-order valence-electron chi connectivity index (χ4n) is 5.26. The Labute approximate surface area is 189 Å². The van der Waals surface area contributed by atoms with Crippen LogP contribution in [0.1, 0.15) is 37.7 Å². The van der Waals surface area contributed by atoms with E-state index in [1.54, 1.807) is 0 Å². The molecule has 2 aliphatic heterocycles. The number of hydrogen-bond acceptors (Lipinski definition) is 5. The molecule has 0 saturated carbocycles. The summed E-state index contributed by atoms with van der Waals surface area (Å²) in [6.07, 6.45) is 5.01. The van der Waals surface area contributed by atoms with E-state index in [-0.39, 0.29) is 5.91 Å². The number of carbonyl (C=O) groups is 1. The molecule has 3 aromatic rings. The highest BCUT2D eigenvalue weighted by Crippen LogP contribution is 2.35. The van der Waals surface area contributed by atoms with Crippen LogP contribution in [0.15, 0.2) is 48.5 Å². The summed E-state index contributed by atoms with van der Waals surface area (Å²) >= 11 is 0. The van der Waals surface area contributed by atoms with Crippen LogP contribution in [0.3, 0.4) is 0 Å². The molecule has 32 heavy (non-hydrogen) atoms. The number of piperidine rings is 2. The van der Waals surface area contributed by atoms with Gasteiger partial charge in [-0.3, -0.25) is 9.69 Å². The first-order valence-corrected chi connectivity index (χ1v) is 11.7. The summed E-state index contributed by atoms with van der Waals surface area (Å²) in [7, 11) is 0. The zero-order valence-electron chi connectivity index (χ0n) is 18.8.